The number of aromatic nitrogens is 4. The molecule has 3 aromatic rings. The monoisotopic (exact) mass is 392 g/mol. The molecule has 0 bridgehead atoms. The van der Waals surface area contributed by atoms with E-state index < -0.39 is 19.1 Å². The maximum Gasteiger partial charge on any atom is 0.530 e. The van der Waals surface area contributed by atoms with Crippen LogP contribution in [0, 0.1) is 0 Å². The van der Waals surface area contributed by atoms with Gasteiger partial charge in [0, 0.05) is 33.9 Å². The third-order valence-corrected chi connectivity index (χ3v) is 5.23. The molecule has 10 nitrogen and oxygen atoms in total. The van der Waals surface area contributed by atoms with E-state index in [2.05, 4.69) is 9.97 Å². The highest BCUT2D eigenvalue weighted by molar-refractivity contribution is 7.48. The molecule has 0 saturated heterocycles. The zero-order chi connectivity index (χ0) is 19.8. The van der Waals surface area contributed by atoms with Gasteiger partial charge in [-0.2, -0.15) is 4.98 Å². The third kappa shape index (κ3) is 3.30. The summed E-state index contributed by atoms with van der Waals surface area (Å²) in [5.74, 6) is -0.191. The molecule has 0 spiro atoms. The fraction of sp³-hybridized carbons (Fsp3) is 0.250. The lowest BCUT2D eigenvalue weighted by Crippen LogP contribution is -2.37. The Morgan fingerprint density at radius 2 is 1.59 bits per heavy atom. The average molecular weight is 392 g/mol. The Kier molecular flexibility index (Phi) is 4.97. The molecule has 0 aliphatic rings. The molecule has 0 aliphatic heterocycles. The minimum absolute atomic E-state index is 0.0171. The highest BCUT2D eigenvalue weighted by Crippen LogP contribution is 2.49. The van der Waals surface area contributed by atoms with E-state index in [9.17, 15) is 14.2 Å². The second kappa shape index (κ2) is 7.07. The van der Waals surface area contributed by atoms with Crippen molar-refractivity contribution in [2.45, 2.75) is 0 Å². The van der Waals surface area contributed by atoms with Gasteiger partial charge in [-0.1, -0.05) is 30.3 Å². The van der Waals surface area contributed by atoms with Gasteiger partial charge >= 0.3 is 13.5 Å². The van der Waals surface area contributed by atoms with Crippen LogP contribution in [-0.2, 0) is 27.7 Å². The molecule has 0 unspecified atom stereocenters. The molecule has 27 heavy (non-hydrogen) atoms. The van der Waals surface area contributed by atoms with Gasteiger partial charge in [0.05, 0.1) is 0 Å². The molecule has 142 valence electrons. The van der Waals surface area contributed by atoms with Crippen LogP contribution in [0.1, 0.15) is 0 Å². The summed E-state index contributed by atoms with van der Waals surface area (Å²) >= 11 is 0. The van der Waals surface area contributed by atoms with Crippen molar-refractivity contribution in [3.8, 4) is 17.1 Å². The average Bonchev–Trinajstić information content (AvgIpc) is 2.70. The predicted molar refractivity (Wildman–Crippen MR) is 97.7 cm³/mol. The number of nitrogens with zero attached hydrogens (tertiary/aromatic N) is 4. The van der Waals surface area contributed by atoms with Crippen LogP contribution in [-0.4, -0.2) is 33.3 Å². The summed E-state index contributed by atoms with van der Waals surface area (Å²) in [4.78, 5) is 33.3. The molecule has 11 heteroatoms. The number of hydrogen-bond donors (Lipinski definition) is 0. The summed E-state index contributed by atoms with van der Waals surface area (Å²) in [5.41, 5.74) is -0.510. The fourth-order valence-electron chi connectivity index (χ4n) is 2.45. The summed E-state index contributed by atoms with van der Waals surface area (Å²) in [5, 5.41) is 0. The van der Waals surface area contributed by atoms with Crippen molar-refractivity contribution in [3.05, 3.63) is 51.2 Å². The first kappa shape index (κ1) is 19.0. The van der Waals surface area contributed by atoms with Crippen molar-refractivity contribution in [1.82, 2.24) is 19.1 Å². The van der Waals surface area contributed by atoms with Crippen molar-refractivity contribution in [2.24, 2.45) is 14.1 Å². The Hall–Kier alpha value is -2.81. The first-order valence-electron chi connectivity index (χ1n) is 7.75. The van der Waals surface area contributed by atoms with Crippen LogP contribution in [0.3, 0.4) is 0 Å². The summed E-state index contributed by atoms with van der Waals surface area (Å²) < 4.78 is 29.5. The van der Waals surface area contributed by atoms with Crippen molar-refractivity contribution in [1.29, 1.82) is 0 Å². The standard InChI is InChI=1S/C16H17N4O6P/c1-19-13-12(15(21)20(2)16(19)22)17-11(10-8-6-5-7-9-10)14(18-13)26-27(23,24-3)25-4/h5-9H,1-4H3. The van der Waals surface area contributed by atoms with Crippen LogP contribution >= 0.6 is 7.82 Å². The molecule has 0 aliphatic carbocycles. The molecule has 1 aromatic carbocycles. The second-order valence-electron chi connectivity index (χ2n) is 5.53. The molecule has 3 rings (SSSR count). The lowest BCUT2D eigenvalue weighted by atomic mass is 10.1. The number of fused-ring (bicyclic) bond motifs is 1. The Labute approximate surface area is 153 Å². The quantitative estimate of drug-likeness (QED) is 0.600. The lowest BCUT2D eigenvalue weighted by molar-refractivity contribution is 0.209. The molecule has 0 amide bonds. The van der Waals surface area contributed by atoms with E-state index in [-0.39, 0.29) is 22.7 Å². The van der Waals surface area contributed by atoms with E-state index >= 15 is 0 Å². The van der Waals surface area contributed by atoms with E-state index in [0.717, 1.165) is 23.4 Å². The number of phosphoric ester groups is 1. The van der Waals surface area contributed by atoms with E-state index in [4.69, 9.17) is 13.6 Å². The van der Waals surface area contributed by atoms with Gasteiger partial charge in [0.15, 0.2) is 11.2 Å². The lowest BCUT2D eigenvalue weighted by Gasteiger charge is -2.16. The molecule has 2 aromatic heterocycles. The molecular formula is C16H17N4O6P. The highest BCUT2D eigenvalue weighted by Gasteiger charge is 2.29. The summed E-state index contributed by atoms with van der Waals surface area (Å²) in [6.45, 7) is 0. The van der Waals surface area contributed by atoms with Gasteiger partial charge in [-0.3, -0.25) is 23.0 Å². The molecule has 0 fully saturated rings. The van der Waals surface area contributed by atoms with Gasteiger partial charge in [-0.25, -0.2) is 14.3 Å². The minimum atomic E-state index is -3.95. The molecular weight excluding hydrogens is 375 g/mol. The second-order valence-corrected chi connectivity index (χ2v) is 7.33. The van der Waals surface area contributed by atoms with Gasteiger partial charge in [0.1, 0.15) is 5.69 Å². The fourth-order valence-corrected chi connectivity index (χ4v) is 3.09. The van der Waals surface area contributed by atoms with Gasteiger partial charge in [-0.15, -0.1) is 0 Å². The highest BCUT2D eigenvalue weighted by atomic mass is 31.2. The van der Waals surface area contributed by atoms with Crippen LogP contribution in [0.2, 0.25) is 0 Å². The van der Waals surface area contributed by atoms with E-state index in [1.54, 1.807) is 30.3 Å². The maximum absolute atomic E-state index is 12.5. The molecule has 0 saturated carbocycles. The Balaban J connectivity index is 2.40. The number of benzene rings is 1. The number of aryl methyl sites for hydroxylation is 1. The van der Waals surface area contributed by atoms with Crippen molar-refractivity contribution in [3.63, 3.8) is 0 Å². The van der Waals surface area contributed by atoms with Crippen LogP contribution in [0.4, 0.5) is 0 Å². The predicted octanol–water partition coefficient (Wildman–Crippen LogP) is 1.47. The first-order chi connectivity index (χ1) is 12.8. The Morgan fingerprint density at radius 1 is 0.963 bits per heavy atom. The molecule has 0 N–H and O–H groups in total. The summed E-state index contributed by atoms with van der Waals surface area (Å²) in [7, 11) is 1.16. The van der Waals surface area contributed by atoms with Gasteiger partial charge in [0.25, 0.3) is 11.4 Å². The maximum atomic E-state index is 12.5. The Bertz CT molecular complexity index is 1160. The van der Waals surface area contributed by atoms with E-state index in [0.29, 0.717) is 5.56 Å². The van der Waals surface area contributed by atoms with Crippen molar-refractivity contribution in [2.75, 3.05) is 14.2 Å². The minimum Gasteiger partial charge on any atom is -0.383 e. The number of phosphoric acid groups is 1. The molecule has 0 atom stereocenters. The van der Waals surface area contributed by atoms with Gasteiger partial charge in [-0.05, 0) is 0 Å². The third-order valence-electron chi connectivity index (χ3n) is 3.94. The van der Waals surface area contributed by atoms with E-state index in [1.807, 2.05) is 0 Å². The SMILES string of the molecule is COP(=O)(OC)Oc1nc2c(nc1-c1ccccc1)c(=O)n(C)c(=O)n2C. The number of rotatable bonds is 5. The van der Waals surface area contributed by atoms with Crippen LogP contribution in [0.25, 0.3) is 22.4 Å². The zero-order valence-corrected chi connectivity index (χ0v) is 16.0. The van der Waals surface area contributed by atoms with Crippen molar-refractivity contribution < 1.29 is 18.1 Å². The smallest absolute Gasteiger partial charge is 0.383 e. The summed E-state index contributed by atoms with van der Waals surface area (Å²) in [6, 6.07) is 8.77. The van der Waals surface area contributed by atoms with Crippen LogP contribution in [0.5, 0.6) is 5.88 Å². The zero-order valence-electron chi connectivity index (χ0n) is 15.1. The van der Waals surface area contributed by atoms with Crippen LogP contribution < -0.4 is 15.8 Å². The molecule has 2 heterocycles. The Morgan fingerprint density at radius 3 is 2.19 bits per heavy atom. The first-order valence-corrected chi connectivity index (χ1v) is 9.21. The topological polar surface area (TPSA) is 115 Å². The van der Waals surface area contributed by atoms with Crippen molar-refractivity contribution >= 4 is 19.0 Å². The van der Waals surface area contributed by atoms with Gasteiger partial charge < -0.3 is 4.52 Å². The normalized spacial score (nSPS) is 11.7. The van der Waals surface area contributed by atoms with E-state index in [1.165, 1.54) is 14.1 Å². The van der Waals surface area contributed by atoms with Crippen LogP contribution in [0.15, 0.2) is 39.9 Å². The largest absolute Gasteiger partial charge is 0.530 e. The summed E-state index contributed by atoms with van der Waals surface area (Å²) in [6.07, 6.45) is 0. The molecule has 0 radical (unpaired) electrons. The number of hydrogen-bond acceptors (Lipinski definition) is 8. The van der Waals surface area contributed by atoms with Gasteiger partial charge in [0.2, 0.25) is 0 Å².